The number of alkyl halides is 3. The van der Waals surface area contributed by atoms with Crippen LogP contribution in [0.5, 0.6) is 0 Å². The van der Waals surface area contributed by atoms with Crippen molar-refractivity contribution in [2.75, 3.05) is 38.0 Å². The summed E-state index contributed by atoms with van der Waals surface area (Å²) in [6.07, 6.45) is -4.15. The number of anilines is 1. The number of amides is 2. The maximum absolute atomic E-state index is 13.0. The molecule has 9 heteroatoms. The zero-order valence-corrected chi connectivity index (χ0v) is 15.9. The van der Waals surface area contributed by atoms with E-state index in [-0.39, 0.29) is 18.1 Å². The van der Waals surface area contributed by atoms with Gasteiger partial charge >= 0.3 is 6.18 Å². The number of para-hydroxylation sites is 1. The van der Waals surface area contributed by atoms with Crippen LogP contribution in [0.4, 0.5) is 18.9 Å². The molecule has 1 aliphatic heterocycles. The number of nitrogens with zero attached hydrogens (tertiary/aromatic N) is 1. The molecule has 2 aromatic rings. The zero-order chi connectivity index (χ0) is 20.1. The highest BCUT2D eigenvalue weighted by Crippen LogP contribution is 2.34. The van der Waals surface area contributed by atoms with Crippen molar-refractivity contribution in [1.82, 2.24) is 4.90 Å². The standard InChI is InChI=1S/C19H20F3N3O2S/c20-19(21,22)15-5-1-2-6-16(15)23-17(26)13-24-7-9-25(10-8-24)18(27)12-14-4-3-11-28-14/h1-6,11H,7-10,12-13H2,(H,23,26)/p+1. The molecular formula is C19H21F3N3O2S+. The first-order valence-electron chi connectivity index (χ1n) is 8.93. The van der Waals surface area contributed by atoms with E-state index in [9.17, 15) is 22.8 Å². The normalized spacial score (nSPS) is 15.5. The third-order valence-electron chi connectivity index (χ3n) is 4.65. The Labute approximate surface area is 164 Å². The molecule has 0 radical (unpaired) electrons. The zero-order valence-electron chi connectivity index (χ0n) is 15.1. The quantitative estimate of drug-likeness (QED) is 0.785. The van der Waals surface area contributed by atoms with Crippen LogP contribution in [0, 0.1) is 0 Å². The van der Waals surface area contributed by atoms with Crippen molar-refractivity contribution in [3.05, 3.63) is 52.2 Å². The summed E-state index contributed by atoms with van der Waals surface area (Å²) in [4.78, 5) is 28.3. The van der Waals surface area contributed by atoms with Crippen LogP contribution in [-0.2, 0) is 22.2 Å². The number of benzene rings is 1. The summed E-state index contributed by atoms with van der Waals surface area (Å²) in [6.45, 7) is 2.31. The van der Waals surface area contributed by atoms with Crippen LogP contribution in [0.25, 0.3) is 0 Å². The first-order valence-corrected chi connectivity index (χ1v) is 9.80. The largest absolute Gasteiger partial charge is 0.418 e. The van der Waals surface area contributed by atoms with Crippen molar-refractivity contribution in [2.45, 2.75) is 12.6 Å². The first-order chi connectivity index (χ1) is 13.3. The highest BCUT2D eigenvalue weighted by atomic mass is 32.1. The van der Waals surface area contributed by atoms with E-state index in [2.05, 4.69) is 5.32 Å². The second-order valence-electron chi connectivity index (χ2n) is 6.66. The number of nitrogens with one attached hydrogen (secondary N) is 2. The van der Waals surface area contributed by atoms with E-state index in [4.69, 9.17) is 0 Å². The predicted octanol–water partition coefficient (Wildman–Crippen LogP) is 1.68. The summed E-state index contributed by atoms with van der Waals surface area (Å²) in [5.74, 6) is -0.407. The van der Waals surface area contributed by atoms with Gasteiger partial charge in [0.15, 0.2) is 6.54 Å². The second-order valence-corrected chi connectivity index (χ2v) is 7.69. The van der Waals surface area contributed by atoms with Crippen molar-refractivity contribution >= 4 is 28.8 Å². The van der Waals surface area contributed by atoms with E-state index < -0.39 is 17.6 Å². The maximum atomic E-state index is 13.0. The van der Waals surface area contributed by atoms with Crippen LogP contribution in [0.3, 0.4) is 0 Å². The third kappa shape index (κ3) is 5.32. The fraction of sp³-hybridized carbons (Fsp3) is 0.368. The molecule has 1 aromatic carbocycles. The Hall–Kier alpha value is -2.39. The van der Waals surface area contributed by atoms with E-state index in [1.807, 2.05) is 17.5 Å². The molecule has 150 valence electrons. The smallest absolute Gasteiger partial charge is 0.331 e. The molecule has 2 N–H and O–H groups in total. The predicted molar refractivity (Wildman–Crippen MR) is 100 cm³/mol. The molecule has 0 bridgehead atoms. The van der Waals surface area contributed by atoms with Gasteiger partial charge in [0.25, 0.3) is 5.91 Å². The highest BCUT2D eigenvalue weighted by molar-refractivity contribution is 7.10. The van der Waals surface area contributed by atoms with Gasteiger partial charge in [0.1, 0.15) is 0 Å². The molecule has 0 spiro atoms. The molecule has 0 aliphatic carbocycles. The molecule has 1 fully saturated rings. The number of hydrogen-bond acceptors (Lipinski definition) is 3. The summed E-state index contributed by atoms with van der Waals surface area (Å²) in [6, 6.07) is 8.77. The monoisotopic (exact) mass is 412 g/mol. The molecule has 2 heterocycles. The Kier molecular flexibility index (Phi) is 6.35. The fourth-order valence-electron chi connectivity index (χ4n) is 3.18. The topological polar surface area (TPSA) is 53.9 Å². The van der Waals surface area contributed by atoms with E-state index in [1.54, 1.807) is 16.2 Å². The van der Waals surface area contributed by atoms with Crippen molar-refractivity contribution in [3.63, 3.8) is 0 Å². The number of thiophene rings is 1. The molecule has 2 amide bonds. The average Bonchev–Trinajstić information content (AvgIpc) is 3.14. The first kappa shape index (κ1) is 20.3. The number of carbonyl (C=O) groups excluding carboxylic acids is 2. The molecular weight excluding hydrogens is 391 g/mol. The van der Waals surface area contributed by atoms with Crippen LogP contribution >= 0.6 is 11.3 Å². The van der Waals surface area contributed by atoms with Crippen molar-refractivity contribution in [1.29, 1.82) is 0 Å². The van der Waals surface area contributed by atoms with Gasteiger partial charge in [-0.3, -0.25) is 9.59 Å². The van der Waals surface area contributed by atoms with Crippen LogP contribution in [0.2, 0.25) is 0 Å². The third-order valence-corrected chi connectivity index (χ3v) is 5.52. The lowest BCUT2D eigenvalue weighted by molar-refractivity contribution is -0.895. The molecule has 5 nitrogen and oxygen atoms in total. The Morgan fingerprint density at radius 3 is 2.46 bits per heavy atom. The van der Waals surface area contributed by atoms with Gasteiger partial charge in [0.2, 0.25) is 5.91 Å². The van der Waals surface area contributed by atoms with Gasteiger partial charge in [0.05, 0.1) is 43.9 Å². The van der Waals surface area contributed by atoms with Crippen LogP contribution < -0.4 is 10.2 Å². The SMILES string of the molecule is O=C(C[NH+]1CCN(C(=O)Cc2cccs2)CC1)Nc1ccccc1C(F)(F)F. The van der Waals surface area contributed by atoms with Gasteiger partial charge in [-0.15, -0.1) is 11.3 Å². The van der Waals surface area contributed by atoms with Crippen LogP contribution in [0.1, 0.15) is 10.4 Å². The van der Waals surface area contributed by atoms with Gasteiger partial charge in [0, 0.05) is 4.88 Å². The molecule has 1 saturated heterocycles. The van der Waals surface area contributed by atoms with Crippen molar-refractivity contribution in [2.24, 2.45) is 0 Å². The van der Waals surface area contributed by atoms with Gasteiger partial charge in [-0.2, -0.15) is 13.2 Å². The van der Waals surface area contributed by atoms with Crippen molar-refractivity contribution < 1.29 is 27.7 Å². The average molecular weight is 412 g/mol. The summed E-state index contributed by atoms with van der Waals surface area (Å²) in [5.41, 5.74) is -1.09. The summed E-state index contributed by atoms with van der Waals surface area (Å²) in [7, 11) is 0. The molecule has 1 aromatic heterocycles. The summed E-state index contributed by atoms with van der Waals surface area (Å²) in [5, 5.41) is 4.30. The lowest BCUT2D eigenvalue weighted by atomic mass is 10.1. The van der Waals surface area contributed by atoms with Crippen LogP contribution in [-0.4, -0.2) is 49.4 Å². The summed E-state index contributed by atoms with van der Waals surface area (Å²) >= 11 is 1.54. The molecule has 0 saturated carbocycles. The van der Waals surface area contributed by atoms with Gasteiger partial charge in [-0.25, -0.2) is 0 Å². The lowest BCUT2D eigenvalue weighted by Gasteiger charge is -2.32. The Morgan fingerprint density at radius 1 is 1.11 bits per heavy atom. The minimum Gasteiger partial charge on any atom is -0.331 e. The van der Waals surface area contributed by atoms with Gasteiger partial charge in [-0.05, 0) is 23.6 Å². The number of piperazine rings is 1. The minimum absolute atomic E-state index is 0.0602. The number of quaternary nitrogens is 1. The number of halogens is 3. The van der Waals surface area contributed by atoms with Gasteiger partial charge < -0.3 is 15.1 Å². The molecule has 0 atom stereocenters. The van der Waals surface area contributed by atoms with E-state index in [1.165, 1.54) is 18.2 Å². The molecule has 28 heavy (non-hydrogen) atoms. The summed E-state index contributed by atoms with van der Waals surface area (Å²) < 4.78 is 39.1. The van der Waals surface area contributed by atoms with Gasteiger partial charge in [-0.1, -0.05) is 18.2 Å². The van der Waals surface area contributed by atoms with E-state index in [0.717, 1.165) is 15.8 Å². The maximum Gasteiger partial charge on any atom is 0.418 e. The second kappa shape index (κ2) is 8.74. The molecule has 1 aliphatic rings. The highest BCUT2D eigenvalue weighted by Gasteiger charge is 2.34. The number of carbonyl (C=O) groups is 2. The van der Waals surface area contributed by atoms with E-state index in [0.29, 0.717) is 32.6 Å². The Balaban J connectivity index is 1.49. The minimum atomic E-state index is -4.52. The molecule has 3 rings (SSSR count). The lowest BCUT2D eigenvalue weighted by Crippen LogP contribution is -3.15. The van der Waals surface area contributed by atoms with Crippen molar-refractivity contribution in [3.8, 4) is 0 Å². The Morgan fingerprint density at radius 2 is 1.82 bits per heavy atom. The van der Waals surface area contributed by atoms with E-state index >= 15 is 0 Å². The Bertz CT molecular complexity index is 816. The number of hydrogen-bond donors (Lipinski definition) is 2. The number of rotatable bonds is 5. The molecule has 0 unspecified atom stereocenters. The fourth-order valence-corrected chi connectivity index (χ4v) is 3.88. The van der Waals surface area contributed by atoms with Crippen LogP contribution in [0.15, 0.2) is 41.8 Å².